The van der Waals surface area contributed by atoms with Crippen LogP contribution in [0, 0.1) is 6.92 Å². The number of hydrogen-bond acceptors (Lipinski definition) is 4. The number of benzene rings is 1. The van der Waals surface area contributed by atoms with E-state index in [1.165, 1.54) is 21.0 Å². The van der Waals surface area contributed by atoms with Crippen molar-refractivity contribution < 1.29 is 0 Å². The quantitative estimate of drug-likeness (QED) is 0.745. The summed E-state index contributed by atoms with van der Waals surface area (Å²) in [4.78, 5) is 6.87. The summed E-state index contributed by atoms with van der Waals surface area (Å²) in [7, 11) is 0. The van der Waals surface area contributed by atoms with Gasteiger partial charge in [0.05, 0.1) is 17.7 Å². The van der Waals surface area contributed by atoms with Crippen LogP contribution >= 0.6 is 22.7 Å². The summed E-state index contributed by atoms with van der Waals surface area (Å²) >= 11 is 3.47. The highest BCUT2D eigenvalue weighted by atomic mass is 32.1. The predicted molar refractivity (Wildman–Crippen MR) is 83.9 cm³/mol. The van der Waals surface area contributed by atoms with Gasteiger partial charge in [0.1, 0.15) is 0 Å². The largest absolute Gasteiger partial charge is 0.380 e. The zero-order valence-electron chi connectivity index (χ0n) is 10.6. The van der Waals surface area contributed by atoms with E-state index < -0.39 is 0 Å². The van der Waals surface area contributed by atoms with Gasteiger partial charge in [-0.3, -0.25) is 0 Å². The van der Waals surface area contributed by atoms with Crippen LogP contribution in [0.25, 0.3) is 10.4 Å². The van der Waals surface area contributed by atoms with Crippen LogP contribution in [0.4, 0.5) is 5.69 Å². The number of rotatable bonds is 4. The van der Waals surface area contributed by atoms with E-state index >= 15 is 0 Å². The Bertz CT molecular complexity index is 656. The molecule has 0 unspecified atom stereocenters. The van der Waals surface area contributed by atoms with Crippen molar-refractivity contribution in [2.24, 2.45) is 0 Å². The van der Waals surface area contributed by atoms with Gasteiger partial charge in [0, 0.05) is 21.0 Å². The molecule has 0 fully saturated rings. The summed E-state index contributed by atoms with van der Waals surface area (Å²) in [5.41, 5.74) is 5.46. The van der Waals surface area contributed by atoms with E-state index in [-0.39, 0.29) is 0 Å². The zero-order valence-corrected chi connectivity index (χ0v) is 12.2. The molecule has 2 aromatic heterocycles. The van der Waals surface area contributed by atoms with Gasteiger partial charge in [0.25, 0.3) is 0 Å². The zero-order chi connectivity index (χ0) is 13.1. The maximum atomic E-state index is 4.28. The van der Waals surface area contributed by atoms with Gasteiger partial charge in [-0.2, -0.15) is 0 Å². The summed E-state index contributed by atoms with van der Waals surface area (Å²) in [6.45, 7) is 2.89. The molecule has 19 heavy (non-hydrogen) atoms. The fourth-order valence-electron chi connectivity index (χ4n) is 1.96. The number of thiazole rings is 1. The van der Waals surface area contributed by atoms with E-state index in [0.717, 1.165) is 12.2 Å². The summed E-state index contributed by atoms with van der Waals surface area (Å²) in [5.74, 6) is 0. The molecule has 1 N–H and O–H groups in total. The van der Waals surface area contributed by atoms with Crippen LogP contribution < -0.4 is 5.32 Å². The van der Waals surface area contributed by atoms with Crippen molar-refractivity contribution in [1.29, 1.82) is 0 Å². The Kier molecular flexibility index (Phi) is 3.62. The Balaban J connectivity index is 1.84. The lowest BCUT2D eigenvalue weighted by atomic mass is 10.1. The summed E-state index contributed by atoms with van der Waals surface area (Å²) in [5, 5.41) is 5.63. The Hall–Kier alpha value is -1.65. The van der Waals surface area contributed by atoms with E-state index in [0.29, 0.717) is 0 Å². The van der Waals surface area contributed by atoms with Crippen molar-refractivity contribution >= 4 is 28.4 Å². The van der Waals surface area contributed by atoms with Crippen molar-refractivity contribution in [3.05, 3.63) is 57.9 Å². The van der Waals surface area contributed by atoms with Crippen LogP contribution in [0.2, 0.25) is 0 Å². The minimum absolute atomic E-state index is 0.832. The lowest BCUT2D eigenvalue weighted by Gasteiger charge is -2.10. The lowest BCUT2D eigenvalue weighted by Crippen LogP contribution is -2.00. The summed E-state index contributed by atoms with van der Waals surface area (Å²) in [6.07, 6.45) is 0. The standard InChI is InChI=1S/C15H14N2S2/c1-11-15(19-10-17-11)9-16-13-6-3-2-5-12(13)14-7-4-8-18-14/h2-8,10,16H,9H2,1H3. The fourth-order valence-corrected chi connectivity index (χ4v) is 3.44. The molecule has 3 aromatic rings. The van der Waals surface area contributed by atoms with Crippen molar-refractivity contribution in [2.45, 2.75) is 13.5 Å². The number of nitrogens with zero attached hydrogens (tertiary/aromatic N) is 1. The van der Waals surface area contributed by atoms with Gasteiger partial charge in [-0.1, -0.05) is 24.3 Å². The third kappa shape index (κ3) is 2.69. The lowest BCUT2D eigenvalue weighted by molar-refractivity contribution is 1.12. The number of anilines is 1. The second-order valence-corrected chi connectivity index (χ2v) is 6.12. The molecule has 0 aliphatic heterocycles. The first kappa shape index (κ1) is 12.4. The van der Waals surface area contributed by atoms with E-state index in [1.807, 2.05) is 5.51 Å². The van der Waals surface area contributed by atoms with Crippen LogP contribution in [0.1, 0.15) is 10.6 Å². The molecular formula is C15H14N2S2. The second-order valence-electron chi connectivity index (χ2n) is 4.24. The highest BCUT2D eigenvalue weighted by Crippen LogP contribution is 2.31. The summed E-state index contributed by atoms with van der Waals surface area (Å²) < 4.78 is 0. The highest BCUT2D eigenvalue weighted by Gasteiger charge is 2.06. The third-order valence-corrected chi connectivity index (χ3v) is 4.84. The Morgan fingerprint density at radius 3 is 2.74 bits per heavy atom. The smallest absolute Gasteiger partial charge is 0.0798 e. The van der Waals surface area contributed by atoms with Gasteiger partial charge in [-0.15, -0.1) is 22.7 Å². The second kappa shape index (κ2) is 5.55. The third-order valence-electron chi connectivity index (χ3n) is 3.00. The Morgan fingerprint density at radius 2 is 2.00 bits per heavy atom. The first-order chi connectivity index (χ1) is 9.34. The molecule has 0 saturated carbocycles. The molecule has 2 nitrogen and oxygen atoms in total. The monoisotopic (exact) mass is 286 g/mol. The molecule has 96 valence electrons. The topological polar surface area (TPSA) is 24.9 Å². The average molecular weight is 286 g/mol. The van der Waals surface area contributed by atoms with E-state index in [2.05, 4.69) is 59.0 Å². The van der Waals surface area contributed by atoms with Crippen LogP contribution in [-0.4, -0.2) is 4.98 Å². The maximum Gasteiger partial charge on any atom is 0.0798 e. The maximum absolute atomic E-state index is 4.28. The van der Waals surface area contributed by atoms with Crippen LogP contribution in [0.3, 0.4) is 0 Å². The minimum atomic E-state index is 0.832. The molecule has 0 aliphatic carbocycles. The van der Waals surface area contributed by atoms with Gasteiger partial charge in [-0.05, 0) is 24.4 Å². The SMILES string of the molecule is Cc1ncsc1CNc1ccccc1-c1cccs1. The molecule has 0 atom stereocenters. The highest BCUT2D eigenvalue weighted by molar-refractivity contribution is 7.13. The van der Waals surface area contributed by atoms with Crippen LogP contribution in [0.15, 0.2) is 47.3 Å². The van der Waals surface area contributed by atoms with Crippen molar-refractivity contribution in [3.63, 3.8) is 0 Å². The molecule has 1 aromatic carbocycles. The van der Waals surface area contributed by atoms with E-state index in [4.69, 9.17) is 0 Å². The number of aryl methyl sites for hydroxylation is 1. The van der Waals surface area contributed by atoms with Gasteiger partial charge >= 0.3 is 0 Å². The first-order valence-corrected chi connectivity index (χ1v) is 7.86. The molecule has 0 amide bonds. The molecule has 0 aliphatic rings. The van der Waals surface area contributed by atoms with Crippen molar-refractivity contribution in [1.82, 2.24) is 4.98 Å². The van der Waals surface area contributed by atoms with Gasteiger partial charge < -0.3 is 5.32 Å². The molecule has 3 rings (SSSR count). The molecule has 0 bridgehead atoms. The Morgan fingerprint density at radius 1 is 1.11 bits per heavy atom. The van der Waals surface area contributed by atoms with Crippen LogP contribution in [0.5, 0.6) is 0 Å². The summed E-state index contributed by atoms with van der Waals surface area (Å²) in [6, 6.07) is 12.7. The number of para-hydroxylation sites is 1. The van der Waals surface area contributed by atoms with Gasteiger partial charge in [-0.25, -0.2) is 4.98 Å². The van der Waals surface area contributed by atoms with Gasteiger partial charge in [0.15, 0.2) is 0 Å². The molecule has 0 saturated heterocycles. The normalized spacial score (nSPS) is 10.6. The number of nitrogens with one attached hydrogen (secondary N) is 1. The molecule has 4 heteroatoms. The molecule has 2 heterocycles. The predicted octanol–water partition coefficient (Wildman–Crippen LogP) is 4.79. The first-order valence-electron chi connectivity index (χ1n) is 6.10. The Labute approximate surface area is 120 Å². The minimum Gasteiger partial charge on any atom is -0.380 e. The van der Waals surface area contributed by atoms with Crippen molar-refractivity contribution in [3.8, 4) is 10.4 Å². The number of hydrogen-bond donors (Lipinski definition) is 1. The van der Waals surface area contributed by atoms with E-state index in [9.17, 15) is 0 Å². The van der Waals surface area contributed by atoms with Crippen molar-refractivity contribution in [2.75, 3.05) is 5.32 Å². The van der Waals surface area contributed by atoms with Gasteiger partial charge in [0.2, 0.25) is 0 Å². The fraction of sp³-hybridized carbons (Fsp3) is 0.133. The molecular weight excluding hydrogens is 272 g/mol. The molecule has 0 spiro atoms. The number of aromatic nitrogens is 1. The van der Waals surface area contributed by atoms with E-state index in [1.54, 1.807) is 22.7 Å². The number of thiophene rings is 1. The molecule has 0 radical (unpaired) electrons. The average Bonchev–Trinajstić information content (AvgIpc) is 3.08. The van der Waals surface area contributed by atoms with Crippen LogP contribution in [-0.2, 0) is 6.54 Å².